The number of rotatable bonds is 13. The zero-order chi connectivity index (χ0) is 26.9. The van der Waals surface area contributed by atoms with E-state index in [2.05, 4.69) is 16.0 Å². The highest BCUT2D eigenvalue weighted by atomic mass is 19.1. The maximum atomic E-state index is 15.5. The smallest absolute Gasteiger partial charge is 0.303 e. The third-order valence-corrected chi connectivity index (χ3v) is 7.89. The number of likely N-dealkylation sites (tertiary alicyclic amines) is 1. The van der Waals surface area contributed by atoms with Gasteiger partial charge in [-0.25, -0.2) is 4.39 Å². The van der Waals surface area contributed by atoms with Gasteiger partial charge in [-0.2, -0.15) is 0 Å². The van der Waals surface area contributed by atoms with E-state index >= 15 is 4.39 Å². The van der Waals surface area contributed by atoms with Crippen molar-refractivity contribution in [1.82, 2.24) is 9.88 Å². The maximum absolute atomic E-state index is 15.5. The summed E-state index contributed by atoms with van der Waals surface area (Å²) in [4.78, 5) is 18.4. The fourth-order valence-electron chi connectivity index (χ4n) is 5.82. The topological polar surface area (TPSA) is 71.9 Å². The average Bonchev–Trinajstić information content (AvgIpc) is 2.94. The number of aromatic nitrogens is 1. The van der Waals surface area contributed by atoms with Crippen LogP contribution in [-0.2, 0) is 11.2 Å². The number of aliphatic carboxylic acids is 1. The summed E-state index contributed by atoms with van der Waals surface area (Å²) >= 11 is 0. The number of benzene rings is 2. The van der Waals surface area contributed by atoms with Crippen LogP contribution < -0.4 is 9.47 Å². The molecule has 4 rings (SSSR count). The number of carbonyl (C=O) groups is 1. The van der Waals surface area contributed by atoms with Crippen molar-refractivity contribution < 1.29 is 23.8 Å². The van der Waals surface area contributed by atoms with Gasteiger partial charge in [-0.05, 0) is 105 Å². The molecule has 1 fully saturated rings. The number of carboxylic acids is 1. The zero-order valence-electron chi connectivity index (χ0n) is 22.4. The minimum absolute atomic E-state index is 0.0388. The number of alkyl halides is 1. The van der Waals surface area contributed by atoms with E-state index in [9.17, 15) is 9.90 Å². The van der Waals surface area contributed by atoms with Crippen LogP contribution in [-0.4, -0.2) is 54.8 Å². The van der Waals surface area contributed by atoms with Gasteiger partial charge in [-0.1, -0.05) is 18.2 Å². The quantitative estimate of drug-likeness (QED) is 0.259. The van der Waals surface area contributed by atoms with Crippen LogP contribution in [0.4, 0.5) is 4.39 Å². The molecule has 0 unspecified atom stereocenters. The molecule has 0 saturated carbocycles. The van der Waals surface area contributed by atoms with Crippen LogP contribution in [0.2, 0.25) is 0 Å². The van der Waals surface area contributed by atoms with Gasteiger partial charge in [0.05, 0.1) is 19.7 Å². The molecule has 1 aliphatic rings. The van der Waals surface area contributed by atoms with Crippen molar-refractivity contribution in [2.75, 3.05) is 33.9 Å². The molecule has 0 amide bonds. The van der Waals surface area contributed by atoms with Crippen LogP contribution in [0, 0.1) is 11.8 Å². The molecule has 2 heterocycles. The lowest BCUT2D eigenvalue weighted by atomic mass is 9.79. The number of unbranched alkanes of at least 4 members (excludes halogenated alkanes) is 1. The number of para-hydroxylation sites is 1. The molecule has 0 radical (unpaired) electrons. The van der Waals surface area contributed by atoms with Crippen molar-refractivity contribution in [2.45, 2.75) is 51.1 Å². The van der Waals surface area contributed by atoms with Gasteiger partial charge in [0.25, 0.3) is 0 Å². The Labute approximate surface area is 224 Å². The Morgan fingerprint density at radius 3 is 2.76 bits per heavy atom. The summed E-state index contributed by atoms with van der Waals surface area (Å²) in [5.74, 6) is 1.08. The molecule has 7 heteroatoms. The minimum Gasteiger partial charge on any atom is -0.497 e. The molecule has 6 nitrogen and oxygen atoms in total. The van der Waals surface area contributed by atoms with E-state index in [0.29, 0.717) is 24.2 Å². The molecule has 1 aliphatic heterocycles. The Kier molecular flexibility index (Phi) is 9.93. The highest BCUT2D eigenvalue weighted by Crippen LogP contribution is 2.36. The van der Waals surface area contributed by atoms with Crippen molar-refractivity contribution in [3.63, 3.8) is 0 Å². The summed E-state index contributed by atoms with van der Waals surface area (Å²) in [6.45, 7) is 2.65. The molecule has 0 bridgehead atoms. The molecular weight excluding hydrogens is 483 g/mol. The summed E-state index contributed by atoms with van der Waals surface area (Å²) in [7, 11) is 3.30. The summed E-state index contributed by atoms with van der Waals surface area (Å²) in [5, 5.41) is 10.3. The van der Waals surface area contributed by atoms with Crippen LogP contribution in [0.15, 0.2) is 54.7 Å². The predicted molar refractivity (Wildman–Crippen MR) is 148 cm³/mol. The van der Waals surface area contributed by atoms with E-state index in [1.54, 1.807) is 26.5 Å². The van der Waals surface area contributed by atoms with Crippen molar-refractivity contribution in [1.29, 1.82) is 0 Å². The zero-order valence-corrected chi connectivity index (χ0v) is 22.4. The SMILES string of the molecule is COc1ccc2nccc([C@@H](F)CC[C@@H]3CCN(CCCCc4ccccc4OC)C[C@@H]3CC(=O)O)c2c1. The lowest BCUT2D eigenvalue weighted by Gasteiger charge is -2.38. The Hall–Kier alpha value is -3.19. The monoisotopic (exact) mass is 522 g/mol. The minimum atomic E-state index is -1.13. The number of aryl methyl sites for hydroxylation is 1. The molecule has 204 valence electrons. The number of hydrogen-bond donors (Lipinski definition) is 1. The molecule has 38 heavy (non-hydrogen) atoms. The average molecular weight is 523 g/mol. The van der Waals surface area contributed by atoms with Crippen molar-refractivity contribution in [3.05, 3.63) is 65.9 Å². The highest BCUT2D eigenvalue weighted by Gasteiger charge is 2.31. The van der Waals surface area contributed by atoms with E-state index in [4.69, 9.17) is 9.47 Å². The Morgan fingerprint density at radius 2 is 1.97 bits per heavy atom. The third-order valence-electron chi connectivity index (χ3n) is 7.89. The molecule has 1 saturated heterocycles. The summed E-state index contributed by atoms with van der Waals surface area (Å²) in [5.41, 5.74) is 2.59. The van der Waals surface area contributed by atoms with Gasteiger partial charge >= 0.3 is 5.97 Å². The fourth-order valence-corrected chi connectivity index (χ4v) is 5.82. The number of piperidine rings is 1. The van der Waals surface area contributed by atoms with Crippen molar-refractivity contribution in [3.8, 4) is 11.5 Å². The molecular formula is C31H39FN2O4. The summed E-state index contributed by atoms with van der Waals surface area (Å²) in [6.07, 6.45) is 5.67. The van der Waals surface area contributed by atoms with Crippen LogP contribution in [0.5, 0.6) is 11.5 Å². The van der Waals surface area contributed by atoms with Crippen molar-refractivity contribution >= 4 is 16.9 Å². The lowest BCUT2D eigenvalue weighted by Crippen LogP contribution is -2.41. The van der Waals surface area contributed by atoms with Crippen LogP contribution in [0.25, 0.3) is 10.9 Å². The molecule has 3 aromatic rings. The van der Waals surface area contributed by atoms with E-state index in [1.807, 2.05) is 36.4 Å². The normalized spacial score (nSPS) is 18.8. The number of methoxy groups -OCH3 is 2. The van der Waals surface area contributed by atoms with E-state index in [1.165, 1.54) is 5.56 Å². The Morgan fingerprint density at radius 1 is 1.13 bits per heavy atom. The first kappa shape index (κ1) is 27.8. The van der Waals surface area contributed by atoms with Gasteiger partial charge in [0.15, 0.2) is 0 Å². The number of nitrogens with zero attached hydrogens (tertiary/aromatic N) is 2. The standard InChI is InChI=1S/C31H39FN2O4/c1-37-25-11-13-29-27(20-25)26(14-16-33-29)28(32)12-10-22-15-18-34(21-24(22)19-31(35)36)17-6-5-8-23-7-3-4-9-30(23)38-2/h3-4,7,9,11,13-14,16,20,22,24,28H,5-6,8,10,12,15,17-19,21H2,1-2H3,(H,35,36)/t22-,24+,28+/m1/s1. The summed E-state index contributed by atoms with van der Waals surface area (Å²) < 4.78 is 26.3. The first-order valence-electron chi connectivity index (χ1n) is 13.6. The van der Waals surface area contributed by atoms with Gasteiger partial charge in [0.1, 0.15) is 17.7 Å². The van der Waals surface area contributed by atoms with Gasteiger partial charge in [-0.3, -0.25) is 9.78 Å². The van der Waals surface area contributed by atoms with Crippen LogP contribution >= 0.6 is 0 Å². The number of carboxylic acid groups (broad SMARTS) is 1. The predicted octanol–water partition coefficient (Wildman–Crippen LogP) is 6.48. The van der Waals surface area contributed by atoms with E-state index < -0.39 is 12.1 Å². The van der Waals surface area contributed by atoms with E-state index in [-0.39, 0.29) is 18.3 Å². The van der Waals surface area contributed by atoms with Gasteiger partial charge in [-0.15, -0.1) is 0 Å². The van der Waals surface area contributed by atoms with Gasteiger partial charge in [0.2, 0.25) is 0 Å². The fraction of sp³-hybridized carbons (Fsp3) is 0.484. The molecule has 1 N–H and O–H groups in total. The second-order valence-corrected chi connectivity index (χ2v) is 10.3. The van der Waals surface area contributed by atoms with Crippen molar-refractivity contribution in [2.24, 2.45) is 11.8 Å². The summed E-state index contributed by atoms with van der Waals surface area (Å²) in [6, 6.07) is 15.4. The number of pyridine rings is 1. The molecule has 1 aromatic heterocycles. The maximum Gasteiger partial charge on any atom is 0.303 e. The van der Waals surface area contributed by atoms with Crippen LogP contribution in [0.3, 0.4) is 0 Å². The Balaban J connectivity index is 1.31. The van der Waals surface area contributed by atoms with E-state index in [0.717, 1.165) is 62.0 Å². The highest BCUT2D eigenvalue weighted by molar-refractivity contribution is 5.83. The van der Waals surface area contributed by atoms with Crippen LogP contribution in [0.1, 0.15) is 55.8 Å². The molecule has 3 atom stereocenters. The first-order valence-corrected chi connectivity index (χ1v) is 13.6. The molecule has 0 aliphatic carbocycles. The van der Waals surface area contributed by atoms with Gasteiger partial charge < -0.3 is 19.5 Å². The molecule has 2 aromatic carbocycles. The number of ether oxygens (including phenoxy) is 2. The largest absolute Gasteiger partial charge is 0.497 e. The third kappa shape index (κ3) is 7.22. The van der Waals surface area contributed by atoms with Gasteiger partial charge in [0, 0.05) is 24.5 Å². The number of fused-ring (bicyclic) bond motifs is 1. The molecule has 0 spiro atoms. The first-order chi connectivity index (χ1) is 18.5. The second-order valence-electron chi connectivity index (χ2n) is 10.3. The number of hydrogen-bond acceptors (Lipinski definition) is 5. The lowest BCUT2D eigenvalue weighted by molar-refractivity contribution is -0.139. The Bertz CT molecular complexity index is 1200. The number of halogens is 1. The second kappa shape index (κ2) is 13.6.